The van der Waals surface area contributed by atoms with Crippen molar-refractivity contribution in [2.24, 2.45) is 17.3 Å². The van der Waals surface area contributed by atoms with E-state index in [1.165, 1.54) is 12.1 Å². The summed E-state index contributed by atoms with van der Waals surface area (Å²) in [5.41, 5.74) is -0.566. The van der Waals surface area contributed by atoms with Gasteiger partial charge in [-0.15, -0.1) is 0 Å². The van der Waals surface area contributed by atoms with Crippen LogP contribution >= 0.6 is 0 Å². The van der Waals surface area contributed by atoms with E-state index >= 15 is 0 Å². The molecule has 1 unspecified atom stereocenters. The summed E-state index contributed by atoms with van der Waals surface area (Å²) in [5, 5.41) is 22.9. The Labute approximate surface area is 138 Å². The molecule has 1 aromatic rings. The molecule has 2 N–H and O–H groups in total. The maximum atomic E-state index is 12.8. The first-order valence-corrected chi connectivity index (χ1v) is 8.32. The van der Waals surface area contributed by atoms with Gasteiger partial charge in [0, 0.05) is 0 Å². The van der Waals surface area contributed by atoms with Crippen LogP contribution in [0.5, 0.6) is 0 Å². The normalized spacial score (nSPS) is 43.6. The van der Waals surface area contributed by atoms with Crippen LogP contribution in [0.1, 0.15) is 41.7 Å². The fourth-order valence-electron chi connectivity index (χ4n) is 5.73. The molecule has 6 atom stereocenters. The predicted molar refractivity (Wildman–Crippen MR) is 84.9 cm³/mol. The van der Waals surface area contributed by atoms with Gasteiger partial charge in [-0.05, 0) is 53.6 Å². The summed E-state index contributed by atoms with van der Waals surface area (Å²) < 4.78 is 5.58. The highest BCUT2D eigenvalue weighted by Gasteiger charge is 2.76. The molecular formula is C19H18O5. The number of hydrogen-bond acceptors (Lipinski definition) is 5. The lowest BCUT2D eigenvalue weighted by Crippen LogP contribution is -2.69. The number of aliphatic hydroxyl groups excluding tert-OH is 1. The second-order valence-electron chi connectivity index (χ2n) is 7.64. The lowest BCUT2D eigenvalue weighted by atomic mass is 9.49. The van der Waals surface area contributed by atoms with E-state index in [4.69, 9.17) is 4.74 Å². The lowest BCUT2D eigenvalue weighted by molar-refractivity contribution is -0.269. The summed E-state index contributed by atoms with van der Waals surface area (Å²) in [6.45, 7) is 3.70. The van der Waals surface area contributed by atoms with Crippen LogP contribution in [0, 0.1) is 24.2 Å². The van der Waals surface area contributed by atoms with Crippen LogP contribution in [0.25, 0.3) is 6.08 Å². The Morgan fingerprint density at radius 2 is 2.04 bits per heavy atom. The van der Waals surface area contributed by atoms with Gasteiger partial charge in [0.1, 0.15) is 17.1 Å². The SMILES string of the molecule is Cc1cc(=O)cc2c3c1[C@@H](O)[C@@H]1[C@H]4CC(C)[C@@](C=C2)(C(=O)O4)[C@]31O. The Morgan fingerprint density at radius 3 is 2.75 bits per heavy atom. The first-order chi connectivity index (χ1) is 11.3. The minimum atomic E-state index is -1.53. The summed E-state index contributed by atoms with van der Waals surface area (Å²) in [6, 6.07) is 2.95. The summed E-state index contributed by atoms with van der Waals surface area (Å²) in [4.78, 5) is 24.9. The van der Waals surface area contributed by atoms with Crippen LogP contribution in [0.2, 0.25) is 0 Å². The number of hydrogen-bond donors (Lipinski definition) is 2. The number of rotatable bonds is 0. The molecule has 3 fully saturated rings. The molecule has 0 aromatic heterocycles. The summed E-state index contributed by atoms with van der Waals surface area (Å²) in [6.07, 6.45) is 2.56. The molecule has 2 heterocycles. The third-order valence-corrected chi connectivity index (χ3v) is 6.66. The largest absolute Gasteiger partial charge is 0.461 e. The van der Waals surface area contributed by atoms with Crippen molar-refractivity contribution in [3.63, 3.8) is 0 Å². The van der Waals surface area contributed by atoms with Gasteiger partial charge in [-0.25, -0.2) is 0 Å². The average Bonchev–Trinajstić information content (AvgIpc) is 2.64. The molecule has 24 heavy (non-hydrogen) atoms. The zero-order chi connectivity index (χ0) is 17.0. The molecule has 0 amide bonds. The van der Waals surface area contributed by atoms with E-state index in [0.29, 0.717) is 28.7 Å². The van der Waals surface area contributed by atoms with Gasteiger partial charge in [0.2, 0.25) is 0 Å². The number of carbonyl (C=O) groups is 1. The van der Waals surface area contributed by atoms with Gasteiger partial charge < -0.3 is 14.9 Å². The van der Waals surface area contributed by atoms with Crippen LogP contribution < -0.4 is 5.43 Å². The minimum Gasteiger partial charge on any atom is -0.461 e. The second-order valence-corrected chi connectivity index (χ2v) is 7.64. The molecule has 1 saturated carbocycles. The smallest absolute Gasteiger partial charge is 0.319 e. The number of fused-ring (bicyclic) bond motifs is 2. The van der Waals surface area contributed by atoms with E-state index in [9.17, 15) is 19.8 Å². The maximum absolute atomic E-state index is 12.8. The highest BCUT2D eigenvalue weighted by molar-refractivity contribution is 5.88. The minimum absolute atomic E-state index is 0.106. The summed E-state index contributed by atoms with van der Waals surface area (Å²) >= 11 is 0. The van der Waals surface area contributed by atoms with Crippen molar-refractivity contribution in [3.05, 3.63) is 50.7 Å². The van der Waals surface area contributed by atoms with Crippen LogP contribution in [-0.2, 0) is 15.1 Å². The molecule has 2 saturated heterocycles. The second kappa shape index (κ2) is 3.98. The van der Waals surface area contributed by atoms with Gasteiger partial charge in [0.15, 0.2) is 5.43 Å². The Hall–Kier alpha value is -1.98. The number of carbonyl (C=O) groups excluding carboxylic acids is 1. The zero-order valence-corrected chi connectivity index (χ0v) is 13.4. The topological polar surface area (TPSA) is 83.8 Å². The van der Waals surface area contributed by atoms with E-state index in [2.05, 4.69) is 0 Å². The molecule has 5 nitrogen and oxygen atoms in total. The molecule has 6 rings (SSSR count). The molecule has 5 aliphatic rings. The van der Waals surface area contributed by atoms with Gasteiger partial charge in [-0.2, -0.15) is 0 Å². The van der Waals surface area contributed by atoms with E-state index in [0.717, 1.165) is 0 Å². The van der Waals surface area contributed by atoms with Gasteiger partial charge in [-0.1, -0.05) is 19.1 Å². The predicted octanol–water partition coefficient (Wildman–Crippen LogP) is 1.18. The van der Waals surface area contributed by atoms with E-state index in [1.807, 2.05) is 6.92 Å². The van der Waals surface area contributed by atoms with Gasteiger partial charge in [-0.3, -0.25) is 9.59 Å². The number of esters is 1. The molecule has 0 radical (unpaired) electrons. The molecular weight excluding hydrogens is 308 g/mol. The molecule has 1 spiro atoms. The highest BCUT2D eigenvalue weighted by atomic mass is 16.6. The van der Waals surface area contributed by atoms with E-state index < -0.39 is 35.1 Å². The Balaban J connectivity index is 1.98. The van der Waals surface area contributed by atoms with Crippen LogP contribution in [0.4, 0.5) is 0 Å². The van der Waals surface area contributed by atoms with Crippen molar-refractivity contribution in [2.75, 3.05) is 0 Å². The fourth-order valence-corrected chi connectivity index (χ4v) is 5.73. The lowest BCUT2D eigenvalue weighted by Gasteiger charge is -2.60. The molecule has 124 valence electrons. The van der Waals surface area contributed by atoms with Crippen LogP contribution in [-0.4, -0.2) is 22.3 Å². The van der Waals surface area contributed by atoms with Crippen molar-refractivity contribution < 1.29 is 19.7 Å². The van der Waals surface area contributed by atoms with Gasteiger partial charge >= 0.3 is 5.97 Å². The average molecular weight is 326 g/mol. The number of aliphatic hydroxyl groups is 2. The van der Waals surface area contributed by atoms with Crippen molar-refractivity contribution in [2.45, 2.75) is 38.1 Å². The summed E-state index contributed by atoms with van der Waals surface area (Å²) in [7, 11) is 0. The molecule has 1 aromatic carbocycles. The molecule has 2 aliphatic heterocycles. The molecule has 5 heteroatoms. The fraction of sp³-hybridized carbons (Fsp3) is 0.474. The van der Waals surface area contributed by atoms with Crippen molar-refractivity contribution >= 4 is 12.0 Å². The number of aryl methyl sites for hydroxylation is 1. The van der Waals surface area contributed by atoms with Crippen molar-refractivity contribution in [3.8, 4) is 0 Å². The summed E-state index contributed by atoms with van der Waals surface area (Å²) in [5.74, 6) is -1.13. The first kappa shape index (κ1) is 14.4. The van der Waals surface area contributed by atoms with Crippen LogP contribution in [0.3, 0.4) is 0 Å². The molecule has 2 bridgehead atoms. The van der Waals surface area contributed by atoms with Crippen molar-refractivity contribution in [1.29, 1.82) is 0 Å². The van der Waals surface area contributed by atoms with E-state index in [1.54, 1.807) is 19.1 Å². The first-order valence-electron chi connectivity index (χ1n) is 8.32. The quantitative estimate of drug-likeness (QED) is 0.700. The van der Waals surface area contributed by atoms with Crippen LogP contribution in [0.15, 0.2) is 23.0 Å². The maximum Gasteiger partial charge on any atom is 0.319 e. The zero-order valence-electron chi connectivity index (χ0n) is 13.4. The Morgan fingerprint density at radius 1 is 1.29 bits per heavy atom. The third kappa shape index (κ3) is 1.22. The Kier molecular flexibility index (Phi) is 2.38. The standard InChI is InChI=1S/C19H18O5/c1-8-5-11(20)7-10-3-4-18-9(2)6-12(24-17(18)22)15-16(21)13(8)14(10)19(15,18)23/h3-5,7,9,12,15-16,21,23H,6H2,1-2H3/t9?,12-,15+,16-,18+,19+/m1/s1. The van der Waals surface area contributed by atoms with E-state index in [-0.39, 0.29) is 11.3 Å². The van der Waals surface area contributed by atoms with Gasteiger partial charge in [0.05, 0.1) is 12.0 Å². The van der Waals surface area contributed by atoms with Crippen molar-refractivity contribution in [1.82, 2.24) is 0 Å². The van der Waals surface area contributed by atoms with Gasteiger partial charge in [0.25, 0.3) is 0 Å². The molecule has 3 aliphatic carbocycles. The number of ether oxygens (including phenoxy) is 1. The Bertz CT molecular complexity index is 903. The third-order valence-electron chi connectivity index (χ3n) is 6.66. The monoisotopic (exact) mass is 326 g/mol. The highest BCUT2D eigenvalue weighted by Crippen LogP contribution is 2.70.